The minimum Gasteiger partial charge on any atom is -0.489 e. The van der Waals surface area contributed by atoms with Gasteiger partial charge in [-0.25, -0.2) is 4.68 Å². The molecule has 1 atom stereocenters. The molecule has 1 unspecified atom stereocenters. The summed E-state index contributed by atoms with van der Waals surface area (Å²) in [5.74, 6) is 0.417. The quantitative estimate of drug-likeness (QED) is 0.738. The molecule has 1 aromatic heterocycles. The second kappa shape index (κ2) is 7.44. The summed E-state index contributed by atoms with van der Waals surface area (Å²) in [7, 11) is 0. The van der Waals surface area contributed by atoms with E-state index in [0.717, 1.165) is 11.1 Å². The van der Waals surface area contributed by atoms with Crippen LogP contribution in [0.2, 0.25) is 10.0 Å². The SMILES string of the molecule is Cc1nn(CC(O)COc2ccc(Cl)cc2Cl)c(=O)c2ccccc12. The molecule has 0 saturated carbocycles. The van der Waals surface area contributed by atoms with Crippen molar-refractivity contribution in [1.29, 1.82) is 0 Å². The Bertz CT molecular complexity index is 972. The Hall–Kier alpha value is -2.08. The molecule has 0 radical (unpaired) electrons. The maximum Gasteiger partial charge on any atom is 0.274 e. The Morgan fingerprint density at radius 1 is 1.20 bits per heavy atom. The van der Waals surface area contributed by atoms with E-state index in [1.54, 1.807) is 30.3 Å². The Labute approximate surface area is 154 Å². The normalized spacial score (nSPS) is 12.3. The van der Waals surface area contributed by atoms with Crippen LogP contribution in [0.25, 0.3) is 10.8 Å². The first-order valence-electron chi connectivity index (χ1n) is 7.68. The topological polar surface area (TPSA) is 64.3 Å². The second-order valence-corrected chi connectivity index (χ2v) is 6.50. The van der Waals surface area contributed by atoms with Crippen LogP contribution in [0.1, 0.15) is 5.69 Å². The molecule has 7 heteroatoms. The lowest BCUT2D eigenvalue weighted by Crippen LogP contribution is -2.32. The molecule has 0 amide bonds. The lowest BCUT2D eigenvalue weighted by Gasteiger charge is -2.15. The van der Waals surface area contributed by atoms with Gasteiger partial charge in [-0.15, -0.1) is 0 Å². The standard InChI is InChI=1S/C18H16Cl2N2O3/c1-11-14-4-2-3-5-15(14)18(24)22(21-11)9-13(23)10-25-17-7-6-12(19)8-16(17)20/h2-8,13,23H,9-10H2,1H3. The average molecular weight is 379 g/mol. The van der Waals surface area contributed by atoms with E-state index < -0.39 is 6.10 Å². The van der Waals surface area contributed by atoms with E-state index in [9.17, 15) is 9.90 Å². The second-order valence-electron chi connectivity index (χ2n) is 5.66. The molecular formula is C18H16Cl2N2O3. The summed E-state index contributed by atoms with van der Waals surface area (Å²) in [5.41, 5.74) is 0.480. The van der Waals surface area contributed by atoms with E-state index in [1.807, 2.05) is 19.1 Å². The number of aromatic nitrogens is 2. The fourth-order valence-corrected chi connectivity index (χ4v) is 3.02. The smallest absolute Gasteiger partial charge is 0.274 e. The first-order chi connectivity index (χ1) is 12.0. The molecule has 0 fully saturated rings. The van der Waals surface area contributed by atoms with Gasteiger partial charge < -0.3 is 9.84 Å². The Balaban J connectivity index is 1.75. The van der Waals surface area contributed by atoms with E-state index in [0.29, 0.717) is 21.2 Å². The summed E-state index contributed by atoms with van der Waals surface area (Å²) in [5, 5.41) is 16.7. The predicted octanol–water partition coefficient (Wildman–Crippen LogP) is 3.45. The van der Waals surface area contributed by atoms with Crippen LogP contribution in [-0.4, -0.2) is 27.6 Å². The molecule has 5 nitrogen and oxygen atoms in total. The van der Waals surface area contributed by atoms with Crippen LogP contribution >= 0.6 is 23.2 Å². The van der Waals surface area contributed by atoms with Gasteiger partial charge in [0.15, 0.2) is 0 Å². The van der Waals surface area contributed by atoms with Crippen molar-refractivity contribution in [2.75, 3.05) is 6.61 Å². The monoisotopic (exact) mass is 378 g/mol. The molecule has 1 N–H and O–H groups in total. The first-order valence-corrected chi connectivity index (χ1v) is 8.43. The van der Waals surface area contributed by atoms with Crippen LogP contribution in [0, 0.1) is 6.92 Å². The number of hydrogen-bond acceptors (Lipinski definition) is 4. The van der Waals surface area contributed by atoms with Crippen molar-refractivity contribution < 1.29 is 9.84 Å². The molecule has 0 aliphatic carbocycles. The summed E-state index contributed by atoms with van der Waals surface area (Å²) in [4.78, 5) is 12.5. The molecule has 2 aromatic carbocycles. The summed E-state index contributed by atoms with van der Waals surface area (Å²) in [6.07, 6.45) is -0.919. The molecule has 0 saturated heterocycles. The molecule has 0 bridgehead atoms. The molecule has 0 aliphatic rings. The van der Waals surface area contributed by atoms with Crippen molar-refractivity contribution >= 4 is 34.0 Å². The fraction of sp³-hybridized carbons (Fsp3) is 0.222. The zero-order valence-electron chi connectivity index (χ0n) is 13.4. The van der Waals surface area contributed by atoms with Gasteiger partial charge in [-0.1, -0.05) is 41.4 Å². The number of fused-ring (bicyclic) bond motifs is 1. The average Bonchev–Trinajstić information content (AvgIpc) is 2.59. The summed E-state index contributed by atoms with van der Waals surface area (Å²) >= 11 is 11.9. The van der Waals surface area contributed by atoms with Crippen LogP contribution in [0.5, 0.6) is 5.75 Å². The zero-order valence-corrected chi connectivity index (χ0v) is 15.0. The van der Waals surface area contributed by atoms with Gasteiger partial charge in [-0.3, -0.25) is 4.79 Å². The predicted molar refractivity (Wildman–Crippen MR) is 98.7 cm³/mol. The largest absolute Gasteiger partial charge is 0.489 e. The molecule has 3 aromatic rings. The van der Waals surface area contributed by atoms with E-state index in [1.165, 1.54) is 4.68 Å². The lowest BCUT2D eigenvalue weighted by molar-refractivity contribution is 0.0881. The molecule has 0 spiro atoms. The highest BCUT2D eigenvalue weighted by molar-refractivity contribution is 6.35. The fourth-order valence-electron chi connectivity index (χ4n) is 2.56. The zero-order chi connectivity index (χ0) is 18.0. The molecular weight excluding hydrogens is 363 g/mol. The third-order valence-corrected chi connectivity index (χ3v) is 4.29. The van der Waals surface area contributed by atoms with Gasteiger partial charge in [0.05, 0.1) is 22.6 Å². The maximum atomic E-state index is 12.5. The van der Waals surface area contributed by atoms with Gasteiger partial charge in [0.25, 0.3) is 5.56 Å². The number of nitrogens with zero attached hydrogens (tertiary/aromatic N) is 2. The van der Waals surface area contributed by atoms with Gasteiger partial charge in [-0.05, 0) is 31.2 Å². The number of halogens is 2. The first kappa shape index (κ1) is 17.7. The molecule has 130 valence electrons. The van der Waals surface area contributed by atoms with E-state index in [2.05, 4.69) is 5.10 Å². The van der Waals surface area contributed by atoms with Crippen molar-refractivity contribution in [2.24, 2.45) is 0 Å². The van der Waals surface area contributed by atoms with Crippen LogP contribution in [0.4, 0.5) is 0 Å². The van der Waals surface area contributed by atoms with Crippen LogP contribution in [0.3, 0.4) is 0 Å². The Kier molecular flexibility index (Phi) is 5.27. The van der Waals surface area contributed by atoms with Gasteiger partial charge in [0.2, 0.25) is 0 Å². The molecule has 25 heavy (non-hydrogen) atoms. The Morgan fingerprint density at radius 3 is 2.64 bits per heavy atom. The number of hydrogen-bond donors (Lipinski definition) is 1. The maximum absolute atomic E-state index is 12.5. The highest BCUT2D eigenvalue weighted by Crippen LogP contribution is 2.27. The number of aryl methyl sites for hydroxylation is 1. The van der Waals surface area contributed by atoms with Crippen molar-refractivity contribution in [3.05, 3.63) is 68.6 Å². The summed E-state index contributed by atoms with van der Waals surface area (Å²) in [6.45, 7) is 1.83. The van der Waals surface area contributed by atoms with Gasteiger partial charge in [0, 0.05) is 10.4 Å². The van der Waals surface area contributed by atoms with E-state index >= 15 is 0 Å². The van der Waals surface area contributed by atoms with Crippen molar-refractivity contribution in [3.63, 3.8) is 0 Å². The highest BCUT2D eigenvalue weighted by Gasteiger charge is 2.13. The third kappa shape index (κ3) is 3.95. The van der Waals surface area contributed by atoms with Crippen LogP contribution < -0.4 is 10.3 Å². The minimum absolute atomic E-state index is 0.0235. The number of ether oxygens (including phenoxy) is 1. The third-order valence-electron chi connectivity index (χ3n) is 3.76. The molecule has 0 aliphatic heterocycles. The number of benzene rings is 2. The molecule has 1 heterocycles. The Morgan fingerprint density at radius 2 is 1.92 bits per heavy atom. The minimum atomic E-state index is -0.919. The van der Waals surface area contributed by atoms with E-state index in [-0.39, 0.29) is 18.7 Å². The number of aliphatic hydroxyl groups excluding tert-OH is 1. The van der Waals surface area contributed by atoms with Crippen LogP contribution in [-0.2, 0) is 6.54 Å². The van der Waals surface area contributed by atoms with Crippen LogP contribution in [0.15, 0.2) is 47.3 Å². The summed E-state index contributed by atoms with van der Waals surface area (Å²) in [6, 6.07) is 12.1. The van der Waals surface area contributed by atoms with Gasteiger partial charge >= 0.3 is 0 Å². The van der Waals surface area contributed by atoms with Crippen molar-refractivity contribution in [1.82, 2.24) is 9.78 Å². The van der Waals surface area contributed by atoms with Crippen molar-refractivity contribution in [2.45, 2.75) is 19.6 Å². The summed E-state index contributed by atoms with van der Waals surface area (Å²) < 4.78 is 6.76. The number of rotatable bonds is 5. The highest BCUT2D eigenvalue weighted by atomic mass is 35.5. The lowest BCUT2D eigenvalue weighted by atomic mass is 10.1. The van der Waals surface area contributed by atoms with E-state index in [4.69, 9.17) is 27.9 Å². The van der Waals surface area contributed by atoms with Crippen molar-refractivity contribution in [3.8, 4) is 5.75 Å². The van der Waals surface area contributed by atoms with Gasteiger partial charge in [0.1, 0.15) is 18.5 Å². The molecule has 3 rings (SSSR count). The van der Waals surface area contributed by atoms with Gasteiger partial charge in [-0.2, -0.15) is 5.10 Å². The number of aliphatic hydroxyl groups is 1.